The first kappa shape index (κ1) is 18.8. The van der Waals surface area contributed by atoms with Crippen LogP contribution >= 0.6 is 0 Å². The van der Waals surface area contributed by atoms with E-state index in [2.05, 4.69) is 5.32 Å². The van der Waals surface area contributed by atoms with Gasteiger partial charge in [0.25, 0.3) is 5.91 Å². The Morgan fingerprint density at radius 3 is 2.64 bits per heavy atom. The van der Waals surface area contributed by atoms with E-state index in [9.17, 15) is 9.18 Å². The Balaban J connectivity index is 1.82. The van der Waals surface area contributed by atoms with Crippen molar-refractivity contribution in [3.8, 4) is 11.5 Å². The van der Waals surface area contributed by atoms with Crippen LogP contribution in [-0.4, -0.2) is 25.2 Å². The molecule has 2 rings (SSSR count). The molecule has 0 fully saturated rings. The Labute approximate surface area is 148 Å². The van der Waals surface area contributed by atoms with Crippen LogP contribution in [0, 0.1) is 19.7 Å². The topological polar surface area (TPSA) is 47.6 Å². The van der Waals surface area contributed by atoms with Gasteiger partial charge in [0.1, 0.15) is 12.4 Å². The molecule has 0 saturated carbocycles. The van der Waals surface area contributed by atoms with Gasteiger partial charge in [-0.3, -0.25) is 4.79 Å². The number of carbonyl (C=O) groups excluding carboxylic acids is 1. The van der Waals surface area contributed by atoms with E-state index in [1.54, 1.807) is 12.1 Å². The predicted octanol–water partition coefficient (Wildman–Crippen LogP) is 3.80. The molecule has 2 aromatic rings. The number of nitrogens with one attached hydrogen (secondary N) is 1. The number of benzene rings is 2. The number of rotatable bonds is 8. The molecule has 0 bridgehead atoms. The molecule has 1 amide bonds. The molecule has 0 aliphatic rings. The third kappa shape index (κ3) is 5.48. The zero-order valence-corrected chi connectivity index (χ0v) is 14.8. The molecule has 0 spiro atoms. The molecule has 25 heavy (non-hydrogen) atoms. The molecule has 1 atom stereocenters. The van der Waals surface area contributed by atoms with Gasteiger partial charge in [-0.1, -0.05) is 31.2 Å². The maximum atomic E-state index is 13.6. The molecule has 0 aliphatic carbocycles. The van der Waals surface area contributed by atoms with Crippen LogP contribution in [0.5, 0.6) is 11.5 Å². The zero-order valence-electron chi connectivity index (χ0n) is 14.8. The monoisotopic (exact) mass is 345 g/mol. The minimum absolute atomic E-state index is 0.0798. The molecule has 4 nitrogen and oxygen atoms in total. The molecule has 0 saturated heterocycles. The second-order valence-corrected chi connectivity index (χ2v) is 5.85. The summed E-state index contributed by atoms with van der Waals surface area (Å²) in [5, 5.41) is 2.77. The Bertz CT molecular complexity index is 718. The third-order valence-corrected chi connectivity index (χ3v) is 3.77. The molecule has 0 aliphatic heterocycles. The number of ether oxygens (including phenoxy) is 2. The van der Waals surface area contributed by atoms with Crippen LogP contribution in [0.15, 0.2) is 42.5 Å². The van der Waals surface area contributed by atoms with Crippen molar-refractivity contribution in [3.05, 3.63) is 59.4 Å². The minimum atomic E-state index is -0.738. The van der Waals surface area contributed by atoms with E-state index in [0.29, 0.717) is 19.6 Å². The molecule has 5 heteroatoms. The summed E-state index contributed by atoms with van der Waals surface area (Å²) in [4.78, 5) is 12.2. The van der Waals surface area contributed by atoms with Crippen molar-refractivity contribution >= 4 is 5.91 Å². The molecular formula is C20H24FNO3. The summed E-state index contributed by atoms with van der Waals surface area (Å²) in [6.45, 7) is 6.50. The summed E-state index contributed by atoms with van der Waals surface area (Å²) < 4.78 is 24.8. The van der Waals surface area contributed by atoms with E-state index >= 15 is 0 Å². The van der Waals surface area contributed by atoms with Gasteiger partial charge in [-0.05, 0) is 49.6 Å². The third-order valence-electron chi connectivity index (χ3n) is 3.77. The molecule has 0 radical (unpaired) electrons. The van der Waals surface area contributed by atoms with Crippen LogP contribution in [0.4, 0.5) is 4.39 Å². The first-order valence-electron chi connectivity index (χ1n) is 8.40. The molecule has 0 heterocycles. The Morgan fingerprint density at radius 1 is 1.16 bits per heavy atom. The Kier molecular flexibility index (Phi) is 6.81. The second-order valence-electron chi connectivity index (χ2n) is 5.85. The second kappa shape index (κ2) is 9.06. The van der Waals surface area contributed by atoms with E-state index in [0.717, 1.165) is 16.9 Å². The maximum Gasteiger partial charge on any atom is 0.261 e. The van der Waals surface area contributed by atoms with Gasteiger partial charge in [0, 0.05) is 0 Å². The van der Waals surface area contributed by atoms with E-state index < -0.39 is 11.9 Å². The number of aryl methyl sites for hydroxylation is 2. The number of hydrogen-bond donors (Lipinski definition) is 1. The summed E-state index contributed by atoms with van der Waals surface area (Å²) >= 11 is 0. The fraction of sp³-hybridized carbons (Fsp3) is 0.350. The van der Waals surface area contributed by atoms with E-state index in [1.165, 1.54) is 12.1 Å². The number of halogens is 1. The average molecular weight is 345 g/mol. The van der Waals surface area contributed by atoms with Crippen molar-refractivity contribution in [2.75, 3.05) is 13.2 Å². The summed E-state index contributed by atoms with van der Waals surface area (Å²) in [6.07, 6.45) is -0.296. The van der Waals surface area contributed by atoms with Crippen molar-refractivity contribution < 1.29 is 18.7 Å². The van der Waals surface area contributed by atoms with Crippen molar-refractivity contribution in [1.29, 1.82) is 0 Å². The van der Waals surface area contributed by atoms with Crippen LogP contribution < -0.4 is 14.8 Å². The fourth-order valence-corrected chi connectivity index (χ4v) is 2.33. The van der Waals surface area contributed by atoms with Gasteiger partial charge in [-0.25, -0.2) is 4.39 Å². The van der Waals surface area contributed by atoms with Gasteiger partial charge >= 0.3 is 0 Å². The molecule has 134 valence electrons. The van der Waals surface area contributed by atoms with Crippen LogP contribution in [-0.2, 0) is 4.79 Å². The van der Waals surface area contributed by atoms with Gasteiger partial charge in [-0.15, -0.1) is 0 Å². The van der Waals surface area contributed by atoms with Crippen LogP contribution in [0.2, 0.25) is 0 Å². The number of amides is 1. The van der Waals surface area contributed by atoms with E-state index in [-0.39, 0.29) is 11.7 Å². The van der Waals surface area contributed by atoms with Crippen molar-refractivity contribution in [2.24, 2.45) is 0 Å². The SMILES string of the molecule is CC[C@H](Oc1ccccc1F)C(=O)NCCOc1cc(C)ccc1C. The Morgan fingerprint density at radius 2 is 1.92 bits per heavy atom. The van der Waals surface area contributed by atoms with E-state index in [1.807, 2.05) is 39.0 Å². The summed E-state index contributed by atoms with van der Waals surface area (Å²) in [5.41, 5.74) is 2.17. The highest BCUT2D eigenvalue weighted by atomic mass is 19.1. The Hall–Kier alpha value is -2.56. The van der Waals surface area contributed by atoms with Crippen molar-refractivity contribution in [3.63, 3.8) is 0 Å². The number of para-hydroxylation sites is 1. The smallest absolute Gasteiger partial charge is 0.261 e. The fourth-order valence-electron chi connectivity index (χ4n) is 2.33. The molecule has 0 aromatic heterocycles. The zero-order chi connectivity index (χ0) is 18.2. The number of hydrogen-bond acceptors (Lipinski definition) is 3. The number of carbonyl (C=O) groups is 1. The van der Waals surface area contributed by atoms with Gasteiger partial charge in [-0.2, -0.15) is 0 Å². The minimum Gasteiger partial charge on any atom is -0.491 e. The highest BCUT2D eigenvalue weighted by Crippen LogP contribution is 2.19. The van der Waals surface area contributed by atoms with Crippen molar-refractivity contribution in [1.82, 2.24) is 5.32 Å². The predicted molar refractivity (Wildman–Crippen MR) is 95.5 cm³/mol. The molecular weight excluding hydrogens is 321 g/mol. The summed E-state index contributed by atoms with van der Waals surface area (Å²) in [5.74, 6) is 0.127. The quantitative estimate of drug-likeness (QED) is 0.741. The highest BCUT2D eigenvalue weighted by Gasteiger charge is 2.19. The largest absolute Gasteiger partial charge is 0.491 e. The summed E-state index contributed by atoms with van der Waals surface area (Å²) in [7, 11) is 0. The lowest BCUT2D eigenvalue weighted by Crippen LogP contribution is -2.40. The van der Waals surface area contributed by atoms with Crippen molar-refractivity contribution in [2.45, 2.75) is 33.3 Å². The lowest BCUT2D eigenvalue weighted by atomic mass is 10.1. The van der Waals surface area contributed by atoms with E-state index in [4.69, 9.17) is 9.47 Å². The van der Waals surface area contributed by atoms with Gasteiger partial charge in [0.05, 0.1) is 6.54 Å². The average Bonchev–Trinajstić information content (AvgIpc) is 2.60. The first-order chi connectivity index (χ1) is 12.0. The van der Waals surface area contributed by atoms with Crippen LogP contribution in [0.25, 0.3) is 0 Å². The lowest BCUT2D eigenvalue weighted by Gasteiger charge is -2.18. The van der Waals surface area contributed by atoms with Crippen LogP contribution in [0.1, 0.15) is 24.5 Å². The van der Waals surface area contributed by atoms with Gasteiger partial charge in [0.2, 0.25) is 0 Å². The molecule has 1 N–H and O–H groups in total. The first-order valence-corrected chi connectivity index (χ1v) is 8.40. The maximum absolute atomic E-state index is 13.6. The van der Waals surface area contributed by atoms with Gasteiger partial charge in [0.15, 0.2) is 17.7 Å². The highest BCUT2D eigenvalue weighted by molar-refractivity contribution is 5.81. The normalized spacial score (nSPS) is 11.7. The molecule has 0 unspecified atom stereocenters. The molecule has 2 aromatic carbocycles. The lowest BCUT2D eigenvalue weighted by molar-refractivity contribution is -0.128. The summed E-state index contributed by atoms with van der Waals surface area (Å²) in [6, 6.07) is 12.0. The van der Waals surface area contributed by atoms with Crippen LogP contribution in [0.3, 0.4) is 0 Å². The van der Waals surface area contributed by atoms with Gasteiger partial charge < -0.3 is 14.8 Å². The standard InChI is InChI=1S/C20H24FNO3/c1-4-17(25-18-8-6-5-7-16(18)21)20(23)22-11-12-24-19-13-14(2)9-10-15(19)3/h5-10,13,17H,4,11-12H2,1-3H3,(H,22,23)/t17-/m0/s1.